The van der Waals surface area contributed by atoms with Crippen LogP contribution in [0.5, 0.6) is 5.75 Å². The maximum absolute atomic E-state index is 11.7. The lowest BCUT2D eigenvalue weighted by Gasteiger charge is -2.19. The molecule has 0 saturated carbocycles. The van der Waals surface area contributed by atoms with Gasteiger partial charge in [-0.25, -0.2) is 0 Å². The van der Waals surface area contributed by atoms with Gasteiger partial charge >= 0.3 is 0 Å². The smallest absolute Gasteiger partial charge is 0.272 e. The highest BCUT2D eigenvalue weighted by molar-refractivity contribution is 9.10. The van der Waals surface area contributed by atoms with E-state index in [1.807, 2.05) is 18.2 Å². The Labute approximate surface area is 134 Å². The van der Waals surface area contributed by atoms with Crippen LogP contribution < -0.4 is 10.1 Å². The third kappa shape index (κ3) is 3.78. The van der Waals surface area contributed by atoms with Crippen molar-refractivity contribution in [2.75, 3.05) is 6.61 Å². The van der Waals surface area contributed by atoms with Gasteiger partial charge in [-0.15, -0.1) is 0 Å². The molecule has 0 fully saturated rings. The Hall–Kier alpha value is -0.420. The largest absolute Gasteiger partial charge is 0.489 e. The van der Waals surface area contributed by atoms with Crippen molar-refractivity contribution in [1.82, 2.24) is 5.32 Å². The summed E-state index contributed by atoms with van der Waals surface area (Å²) in [4.78, 5) is 11.7. The van der Waals surface area contributed by atoms with E-state index < -0.39 is 15.7 Å². The second-order valence-corrected chi connectivity index (χ2v) is 7.07. The first-order valence-corrected chi connectivity index (χ1v) is 7.27. The monoisotopic (exact) mass is 383 g/mol. The number of halogens is 4. The predicted molar refractivity (Wildman–Crippen MR) is 80.0 cm³/mol. The van der Waals surface area contributed by atoms with Gasteiger partial charge in [-0.05, 0) is 24.3 Å². The minimum Gasteiger partial charge on any atom is -0.489 e. The molecule has 2 rings (SSSR count). The SMILES string of the molecule is O=C(NC1C=CCOc2ccc(Br)cc21)C(Cl)(Cl)Cl. The van der Waals surface area contributed by atoms with Crippen molar-refractivity contribution in [3.63, 3.8) is 0 Å². The molecule has 0 saturated heterocycles. The Morgan fingerprint density at radius 1 is 1.42 bits per heavy atom. The maximum atomic E-state index is 11.7. The molecule has 3 nitrogen and oxygen atoms in total. The number of nitrogens with one attached hydrogen (secondary N) is 1. The first kappa shape index (κ1) is 15.0. The first-order valence-electron chi connectivity index (χ1n) is 5.34. The molecule has 1 heterocycles. The number of ether oxygens (including phenoxy) is 1. The van der Waals surface area contributed by atoms with Gasteiger partial charge in [0.1, 0.15) is 12.4 Å². The third-order valence-corrected chi connectivity index (χ3v) is 3.52. The summed E-state index contributed by atoms with van der Waals surface area (Å²) in [6, 6.07) is 5.13. The molecule has 102 valence electrons. The molecule has 0 bridgehead atoms. The molecule has 0 radical (unpaired) electrons. The fourth-order valence-corrected chi connectivity index (χ4v) is 2.22. The standard InChI is InChI=1S/C12H9BrCl3NO2/c13-7-3-4-10-8(6-7)9(2-1-5-19-10)17-11(18)12(14,15)16/h1-4,6,9H,5H2,(H,17,18). The summed E-state index contributed by atoms with van der Waals surface area (Å²) in [5.41, 5.74) is 0.797. The molecule has 1 aromatic carbocycles. The molecule has 1 aromatic rings. The number of alkyl halides is 3. The van der Waals surface area contributed by atoms with Crippen LogP contribution >= 0.6 is 50.7 Å². The van der Waals surface area contributed by atoms with Gasteiger partial charge in [-0.3, -0.25) is 4.79 Å². The average molecular weight is 385 g/mol. The molecule has 19 heavy (non-hydrogen) atoms. The molecule has 1 unspecified atom stereocenters. The van der Waals surface area contributed by atoms with Crippen molar-refractivity contribution in [2.24, 2.45) is 0 Å². The number of fused-ring (bicyclic) bond motifs is 1. The number of carbonyl (C=O) groups excluding carboxylic acids is 1. The highest BCUT2D eigenvalue weighted by Gasteiger charge is 2.32. The van der Waals surface area contributed by atoms with Crippen molar-refractivity contribution in [1.29, 1.82) is 0 Å². The Balaban J connectivity index is 2.31. The van der Waals surface area contributed by atoms with Crippen LogP contribution in [0.2, 0.25) is 0 Å². The lowest BCUT2D eigenvalue weighted by atomic mass is 10.1. The van der Waals surface area contributed by atoms with Crippen LogP contribution in [0.1, 0.15) is 11.6 Å². The zero-order chi connectivity index (χ0) is 14.0. The van der Waals surface area contributed by atoms with Gasteiger partial charge in [0.15, 0.2) is 0 Å². The van der Waals surface area contributed by atoms with E-state index in [2.05, 4.69) is 21.2 Å². The number of amides is 1. The molecular weight excluding hydrogens is 376 g/mol. The molecular formula is C12H9BrCl3NO2. The summed E-state index contributed by atoms with van der Waals surface area (Å²) >= 11 is 20.0. The lowest BCUT2D eigenvalue weighted by molar-refractivity contribution is -0.120. The van der Waals surface area contributed by atoms with E-state index in [0.29, 0.717) is 12.4 Å². The van der Waals surface area contributed by atoms with Gasteiger partial charge in [-0.2, -0.15) is 0 Å². The highest BCUT2D eigenvalue weighted by Crippen LogP contribution is 2.33. The summed E-state index contributed by atoms with van der Waals surface area (Å²) in [6.45, 7) is 0.425. The molecule has 1 amide bonds. The summed E-state index contributed by atoms with van der Waals surface area (Å²) in [5, 5.41) is 2.66. The van der Waals surface area contributed by atoms with E-state index in [0.717, 1.165) is 10.0 Å². The van der Waals surface area contributed by atoms with E-state index in [1.54, 1.807) is 12.2 Å². The summed E-state index contributed by atoms with van der Waals surface area (Å²) in [7, 11) is 0. The molecule has 1 N–H and O–H groups in total. The predicted octanol–water partition coefficient (Wildman–Crippen LogP) is 3.93. The number of hydrogen-bond acceptors (Lipinski definition) is 2. The zero-order valence-corrected chi connectivity index (χ0v) is 13.4. The average Bonchev–Trinajstić information content (AvgIpc) is 2.51. The van der Waals surface area contributed by atoms with Crippen LogP contribution in [-0.4, -0.2) is 16.3 Å². The van der Waals surface area contributed by atoms with Crippen LogP contribution in [0, 0.1) is 0 Å². The van der Waals surface area contributed by atoms with E-state index in [4.69, 9.17) is 39.5 Å². The lowest BCUT2D eigenvalue weighted by Crippen LogP contribution is -2.36. The van der Waals surface area contributed by atoms with Gasteiger partial charge < -0.3 is 10.1 Å². The summed E-state index contributed by atoms with van der Waals surface area (Å²) in [6.07, 6.45) is 3.60. The van der Waals surface area contributed by atoms with E-state index in [9.17, 15) is 4.79 Å². The van der Waals surface area contributed by atoms with Crippen LogP contribution in [0.25, 0.3) is 0 Å². The highest BCUT2D eigenvalue weighted by atomic mass is 79.9. The van der Waals surface area contributed by atoms with Crippen molar-refractivity contribution >= 4 is 56.6 Å². The van der Waals surface area contributed by atoms with Crippen LogP contribution in [-0.2, 0) is 4.79 Å². The molecule has 7 heteroatoms. The third-order valence-electron chi connectivity index (χ3n) is 2.51. The topological polar surface area (TPSA) is 38.3 Å². The Morgan fingerprint density at radius 3 is 2.84 bits per heavy atom. The van der Waals surface area contributed by atoms with Crippen molar-refractivity contribution < 1.29 is 9.53 Å². The van der Waals surface area contributed by atoms with E-state index in [1.165, 1.54) is 0 Å². The van der Waals surface area contributed by atoms with Gasteiger partial charge in [-0.1, -0.05) is 56.8 Å². The summed E-state index contributed by atoms with van der Waals surface area (Å²) in [5.74, 6) is 0.00259. The Morgan fingerprint density at radius 2 is 2.16 bits per heavy atom. The van der Waals surface area contributed by atoms with Gasteiger partial charge in [0.2, 0.25) is 0 Å². The zero-order valence-electron chi connectivity index (χ0n) is 9.50. The number of carbonyl (C=O) groups is 1. The molecule has 0 aromatic heterocycles. The number of hydrogen-bond donors (Lipinski definition) is 1. The van der Waals surface area contributed by atoms with Crippen LogP contribution in [0.4, 0.5) is 0 Å². The normalized spacial score (nSPS) is 18.2. The fraction of sp³-hybridized carbons (Fsp3) is 0.250. The molecule has 1 aliphatic rings. The minimum absolute atomic E-state index is 0.405. The molecule has 0 spiro atoms. The molecule has 1 atom stereocenters. The van der Waals surface area contributed by atoms with Crippen LogP contribution in [0.3, 0.4) is 0 Å². The fourth-order valence-electron chi connectivity index (χ4n) is 1.68. The van der Waals surface area contributed by atoms with Crippen molar-refractivity contribution in [3.05, 3.63) is 40.4 Å². The van der Waals surface area contributed by atoms with E-state index in [-0.39, 0.29) is 0 Å². The number of rotatable bonds is 1. The van der Waals surface area contributed by atoms with Gasteiger partial charge in [0.05, 0.1) is 6.04 Å². The second kappa shape index (κ2) is 5.92. The van der Waals surface area contributed by atoms with Crippen molar-refractivity contribution in [3.8, 4) is 5.75 Å². The Bertz CT molecular complexity index is 528. The quantitative estimate of drug-likeness (QED) is 0.588. The van der Waals surface area contributed by atoms with Gasteiger partial charge in [0, 0.05) is 10.0 Å². The Kier molecular flexibility index (Phi) is 4.66. The van der Waals surface area contributed by atoms with Crippen LogP contribution in [0.15, 0.2) is 34.8 Å². The van der Waals surface area contributed by atoms with E-state index >= 15 is 0 Å². The molecule has 1 aliphatic heterocycles. The van der Waals surface area contributed by atoms with Gasteiger partial charge in [0.25, 0.3) is 9.70 Å². The second-order valence-electron chi connectivity index (χ2n) is 3.87. The molecule has 0 aliphatic carbocycles. The van der Waals surface area contributed by atoms with Crippen molar-refractivity contribution in [2.45, 2.75) is 9.83 Å². The summed E-state index contributed by atoms with van der Waals surface area (Å²) < 4.78 is 4.42. The first-order chi connectivity index (χ1) is 8.88. The number of benzene rings is 1. The maximum Gasteiger partial charge on any atom is 0.272 e. The minimum atomic E-state index is -1.99.